The van der Waals surface area contributed by atoms with Crippen molar-refractivity contribution in [3.63, 3.8) is 0 Å². The van der Waals surface area contributed by atoms with Crippen LogP contribution in [0.4, 0.5) is 5.69 Å². The molecule has 7 heteroatoms. The summed E-state index contributed by atoms with van der Waals surface area (Å²) in [4.78, 5) is 14.6. The van der Waals surface area contributed by atoms with Crippen LogP contribution in [0.1, 0.15) is 49.7 Å². The van der Waals surface area contributed by atoms with E-state index in [1.54, 1.807) is 29.2 Å². The van der Waals surface area contributed by atoms with E-state index in [0.29, 0.717) is 40.9 Å². The minimum Gasteiger partial charge on any atom is -0.494 e. The van der Waals surface area contributed by atoms with Gasteiger partial charge in [0.15, 0.2) is 5.75 Å². The molecule has 0 bridgehead atoms. The number of carbonyl (C=O) groups is 1. The third-order valence-electron chi connectivity index (χ3n) is 6.02. The molecule has 4 rings (SSSR count). The summed E-state index contributed by atoms with van der Waals surface area (Å²) in [5.74, 6) is 1.50. The van der Waals surface area contributed by atoms with Crippen molar-refractivity contribution in [1.82, 2.24) is 0 Å². The zero-order valence-corrected chi connectivity index (χ0v) is 21.0. The molecule has 0 N–H and O–H groups in total. The van der Waals surface area contributed by atoms with E-state index in [4.69, 9.17) is 32.7 Å². The van der Waals surface area contributed by atoms with Crippen molar-refractivity contribution >= 4 is 34.8 Å². The number of anilines is 1. The first kappa shape index (κ1) is 24.9. The molecule has 0 aliphatic carbocycles. The first-order valence-corrected chi connectivity index (χ1v) is 12.4. The van der Waals surface area contributed by atoms with Gasteiger partial charge in [-0.1, -0.05) is 55.1 Å². The number of benzene rings is 3. The van der Waals surface area contributed by atoms with Crippen LogP contribution in [0.5, 0.6) is 17.2 Å². The lowest BCUT2D eigenvalue weighted by atomic mass is 9.98. The molecule has 5 nitrogen and oxygen atoms in total. The highest BCUT2D eigenvalue weighted by molar-refractivity contribution is 6.33. The van der Waals surface area contributed by atoms with Crippen molar-refractivity contribution < 1.29 is 14.3 Å². The smallest absolute Gasteiger partial charge is 0.227 e. The largest absolute Gasteiger partial charge is 0.494 e. The van der Waals surface area contributed by atoms with Crippen LogP contribution in [0.2, 0.25) is 10.0 Å². The minimum absolute atomic E-state index is 0.0197. The fourth-order valence-corrected chi connectivity index (χ4v) is 4.48. The van der Waals surface area contributed by atoms with Gasteiger partial charge in [0.1, 0.15) is 17.6 Å². The van der Waals surface area contributed by atoms with E-state index in [9.17, 15) is 10.1 Å². The third-order valence-corrected chi connectivity index (χ3v) is 6.63. The van der Waals surface area contributed by atoms with Crippen molar-refractivity contribution in [3.8, 4) is 23.3 Å². The second-order valence-electron chi connectivity index (χ2n) is 8.48. The Kier molecular flexibility index (Phi) is 8.17. The van der Waals surface area contributed by atoms with Crippen LogP contribution < -0.4 is 14.4 Å². The van der Waals surface area contributed by atoms with E-state index < -0.39 is 0 Å². The molecule has 0 radical (unpaired) electrons. The van der Waals surface area contributed by atoms with Gasteiger partial charge in [-0.3, -0.25) is 4.79 Å². The molecule has 1 amide bonds. The molecule has 1 fully saturated rings. The van der Waals surface area contributed by atoms with Crippen LogP contribution in [-0.4, -0.2) is 19.1 Å². The van der Waals surface area contributed by atoms with Crippen molar-refractivity contribution in [2.75, 3.05) is 18.1 Å². The van der Waals surface area contributed by atoms with Crippen LogP contribution in [-0.2, 0) is 4.79 Å². The molecule has 3 aromatic carbocycles. The van der Waals surface area contributed by atoms with E-state index in [2.05, 4.69) is 13.0 Å². The van der Waals surface area contributed by atoms with Crippen molar-refractivity contribution in [3.05, 3.63) is 81.8 Å². The molecule has 1 atom stereocenters. The first-order chi connectivity index (χ1) is 17.0. The van der Waals surface area contributed by atoms with Crippen LogP contribution in [0.15, 0.2) is 60.7 Å². The lowest BCUT2D eigenvalue weighted by Gasteiger charge is -2.18. The number of hydrogen-bond donors (Lipinski definition) is 0. The molecule has 180 valence electrons. The summed E-state index contributed by atoms with van der Waals surface area (Å²) in [5, 5.41) is 10.1. The Bertz CT molecular complexity index is 1240. The number of carbonyl (C=O) groups excluding carboxylic acids is 1. The van der Waals surface area contributed by atoms with Gasteiger partial charge < -0.3 is 14.4 Å². The quantitative estimate of drug-likeness (QED) is 0.277. The van der Waals surface area contributed by atoms with Gasteiger partial charge >= 0.3 is 0 Å². The Morgan fingerprint density at radius 3 is 2.60 bits per heavy atom. The van der Waals surface area contributed by atoms with E-state index in [1.165, 1.54) is 0 Å². The molecule has 0 spiro atoms. The highest BCUT2D eigenvalue weighted by Crippen LogP contribution is 2.39. The van der Waals surface area contributed by atoms with Crippen LogP contribution in [0.3, 0.4) is 0 Å². The summed E-state index contributed by atoms with van der Waals surface area (Å²) < 4.78 is 11.7. The van der Waals surface area contributed by atoms with Crippen molar-refractivity contribution in [2.45, 2.75) is 38.5 Å². The molecule has 0 aromatic heterocycles. The van der Waals surface area contributed by atoms with Gasteiger partial charge in [-0.15, -0.1) is 0 Å². The predicted octanol–water partition coefficient (Wildman–Crippen LogP) is 7.75. The first-order valence-electron chi connectivity index (χ1n) is 11.7. The Labute approximate surface area is 215 Å². The molecular weight excluding hydrogens is 483 g/mol. The van der Waals surface area contributed by atoms with E-state index in [-0.39, 0.29) is 17.6 Å². The zero-order chi connectivity index (χ0) is 24.8. The van der Waals surface area contributed by atoms with Gasteiger partial charge in [-0.2, -0.15) is 5.26 Å². The van der Waals surface area contributed by atoms with Gasteiger partial charge in [-0.05, 0) is 60.5 Å². The van der Waals surface area contributed by atoms with E-state index in [0.717, 1.165) is 36.3 Å². The SMILES string of the molecule is CCCCCOc1ccc(N2C[C@@H](c3ccc(Cl)c(Oc4c(Cl)cccc4C#N)c3)CC2=O)cc1. The molecule has 1 aliphatic heterocycles. The summed E-state index contributed by atoms with van der Waals surface area (Å²) in [7, 11) is 0. The lowest BCUT2D eigenvalue weighted by Crippen LogP contribution is -2.24. The van der Waals surface area contributed by atoms with Gasteiger partial charge in [0, 0.05) is 24.6 Å². The number of halogens is 2. The van der Waals surface area contributed by atoms with E-state index in [1.807, 2.05) is 36.4 Å². The molecule has 35 heavy (non-hydrogen) atoms. The standard InChI is InChI=1S/C28H26Cl2N2O3/c1-2-3-4-14-34-23-11-9-22(10-12-23)32-18-21(16-27(32)33)19-8-13-24(29)26(15-19)35-28-20(17-31)6-5-7-25(28)30/h5-13,15,21H,2-4,14,16,18H2,1H3/t21-/m0/s1. The maximum atomic E-state index is 12.8. The Morgan fingerprint density at radius 2 is 1.86 bits per heavy atom. The lowest BCUT2D eigenvalue weighted by molar-refractivity contribution is -0.117. The molecule has 1 heterocycles. The summed E-state index contributed by atoms with van der Waals surface area (Å²) in [6.45, 7) is 3.41. The molecule has 0 unspecified atom stereocenters. The number of amides is 1. The number of ether oxygens (including phenoxy) is 2. The highest BCUT2D eigenvalue weighted by atomic mass is 35.5. The second kappa shape index (κ2) is 11.5. The number of nitriles is 1. The fourth-order valence-electron chi connectivity index (χ4n) is 4.11. The van der Waals surface area contributed by atoms with Gasteiger partial charge in [0.05, 0.1) is 22.2 Å². The van der Waals surface area contributed by atoms with Crippen molar-refractivity contribution in [1.29, 1.82) is 5.26 Å². The second-order valence-corrected chi connectivity index (χ2v) is 9.29. The predicted molar refractivity (Wildman–Crippen MR) is 139 cm³/mol. The summed E-state index contributed by atoms with van der Waals surface area (Å²) in [6.07, 6.45) is 3.72. The highest BCUT2D eigenvalue weighted by Gasteiger charge is 2.32. The number of para-hydroxylation sites is 1. The Balaban J connectivity index is 1.47. The number of hydrogen-bond acceptors (Lipinski definition) is 4. The molecule has 3 aromatic rings. The monoisotopic (exact) mass is 508 g/mol. The number of rotatable bonds is 9. The summed E-state index contributed by atoms with van der Waals surface area (Å²) in [6, 6.07) is 20.2. The maximum absolute atomic E-state index is 12.8. The van der Waals surface area contributed by atoms with Crippen LogP contribution >= 0.6 is 23.2 Å². The molecule has 1 aliphatic rings. The Morgan fingerprint density at radius 1 is 1.06 bits per heavy atom. The number of unbranched alkanes of at least 4 members (excludes halogenated alkanes) is 2. The average Bonchev–Trinajstić information content (AvgIpc) is 3.26. The topological polar surface area (TPSA) is 62.6 Å². The molecule has 0 saturated carbocycles. The van der Waals surface area contributed by atoms with Crippen molar-refractivity contribution in [2.24, 2.45) is 0 Å². The van der Waals surface area contributed by atoms with Crippen LogP contribution in [0.25, 0.3) is 0 Å². The maximum Gasteiger partial charge on any atom is 0.227 e. The van der Waals surface area contributed by atoms with Crippen LogP contribution in [0, 0.1) is 11.3 Å². The van der Waals surface area contributed by atoms with Gasteiger partial charge in [0.2, 0.25) is 5.91 Å². The zero-order valence-electron chi connectivity index (χ0n) is 19.5. The summed E-state index contributed by atoms with van der Waals surface area (Å²) >= 11 is 12.6. The molecule has 1 saturated heterocycles. The minimum atomic E-state index is -0.0197. The third kappa shape index (κ3) is 5.90. The van der Waals surface area contributed by atoms with Gasteiger partial charge in [0.25, 0.3) is 0 Å². The normalized spacial score (nSPS) is 15.2. The summed E-state index contributed by atoms with van der Waals surface area (Å²) in [5.41, 5.74) is 2.10. The van der Waals surface area contributed by atoms with Gasteiger partial charge in [-0.25, -0.2) is 0 Å². The Hall–Kier alpha value is -3.20. The molecular formula is C28H26Cl2N2O3. The number of nitrogens with zero attached hydrogens (tertiary/aromatic N) is 2. The van der Waals surface area contributed by atoms with E-state index >= 15 is 0 Å². The average molecular weight is 509 g/mol. The fraction of sp³-hybridized carbons (Fsp3) is 0.286.